The molecule has 2 aromatic rings. The maximum Gasteiger partial charge on any atom is 0.141 e. The minimum Gasteiger partial charge on any atom is -0.508 e. The molecule has 0 unspecified atom stereocenters. The highest BCUT2D eigenvalue weighted by Crippen LogP contribution is 2.32. The topological polar surface area (TPSA) is 41.8 Å². The summed E-state index contributed by atoms with van der Waals surface area (Å²) in [4.78, 5) is 4.35. The number of hydrogen-bond acceptors (Lipinski definition) is 3. The SMILES string of the molecule is COc1c(Br)cc(Br)cc1C=Nc1ccc(O)cc1. The van der Waals surface area contributed by atoms with Gasteiger partial charge < -0.3 is 9.84 Å². The molecule has 0 bridgehead atoms. The van der Waals surface area contributed by atoms with Crippen molar-refractivity contribution in [1.82, 2.24) is 0 Å². The predicted octanol–water partition coefficient (Wildman–Crippen LogP) is 4.68. The third-order valence-electron chi connectivity index (χ3n) is 2.44. The van der Waals surface area contributed by atoms with Crippen LogP contribution in [-0.2, 0) is 0 Å². The van der Waals surface area contributed by atoms with Crippen LogP contribution in [0.5, 0.6) is 11.5 Å². The molecule has 0 aliphatic carbocycles. The number of phenols is 1. The number of aromatic hydroxyl groups is 1. The summed E-state index contributed by atoms with van der Waals surface area (Å²) in [7, 11) is 1.62. The van der Waals surface area contributed by atoms with Gasteiger partial charge in [-0.2, -0.15) is 0 Å². The van der Waals surface area contributed by atoms with Gasteiger partial charge in [-0.05, 0) is 52.3 Å². The maximum atomic E-state index is 9.21. The molecule has 2 aromatic carbocycles. The molecule has 0 radical (unpaired) electrons. The largest absolute Gasteiger partial charge is 0.508 e. The first kappa shape index (κ1) is 14.1. The molecule has 0 saturated carbocycles. The first-order chi connectivity index (χ1) is 9.10. The van der Waals surface area contributed by atoms with Gasteiger partial charge in [-0.1, -0.05) is 15.9 Å². The summed E-state index contributed by atoms with van der Waals surface area (Å²) in [6.45, 7) is 0. The van der Waals surface area contributed by atoms with E-state index < -0.39 is 0 Å². The number of hydrogen-bond donors (Lipinski definition) is 1. The van der Waals surface area contributed by atoms with E-state index in [-0.39, 0.29) is 5.75 Å². The fourth-order valence-electron chi connectivity index (χ4n) is 1.57. The number of aliphatic imine (C=N–C) groups is 1. The Morgan fingerprint density at radius 3 is 2.47 bits per heavy atom. The zero-order valence-corrected chi connectivity index (χ0v) is 13.3. The summed E-state index contributed by atoms with van der Waals surface area (Å²) >= 11 is 6.88. The van der Waals surface area contributed by atoms with Crippen LogP contribution in [0.2, 0.25) is 0 Å². The van der Waals surface area contributed by atoms with Gasteiger partial charge in [0, 0.05) is 16.3 Å². The summed E-state index contributed by atoms with van der Waals surface area (Å²) in [6, 6.07) is 10.5. The van der Waals surface area contributed by atoms with Gasteiger partial charge in [0.25, 0.3) is 0 Å². The van der Waals surface area contributed by atoms with Crippen LogP contribution in [-0.4, -0.2) is 18.4 Å². The number of rotatable bonds is 3. The van der Waals surface area contributed by atoms with E-state index in [9.17, 15) is 5.11 Å². The maximum absolute atomic E-state index is 9.21. The van der Waals surface area contributed by atoms with Crippen molar-refractivity contribution in [3.63, 3.8) is 0 Å². The molecule has 0 aliphatic rings. The van der Waals surface area contributed by atoms with E-state index in [1.165, 1.54) is 0 Å². The van der Waals surface area contributed by atoms with Gasteiger partial charge >= 0.3 is 0 Å². The molecule has 3 nitrogen and oxygen atoms in total. The molecule has 0 aliphatic heterocycles. The lowest BCUT2D eigenvalue weighted by molar-refractivity contribution is 0.411. The van der Waals surface area contributed by atoms with Crippen molar-refractivity contribution >= 4 is 43.8 Å². The molecular weight excluding hydrogens is 374 g/mol. The fourth-order valence-corrected chi connectivity index (χ4v) is 2.99. The van der Waals surface area contributed by atoms with Crippen LogP contribution in [0.15, 0.2) is 50.3 Å². The molecular formula is C14H11Br2NO2. The molecule has 19 heavy (non-hydrogen) atoms. The Labute approximate surface area is 128 Å². The van der Waals surface area contributed by atoms with Crippen LogP contribution >= 0.6 is 31.9 Å². The van der Waals surface area contributed by atoms with Crippen LogP contribution in [0.3, 0.4) is 0 Å². The molecule has 0 spiro atoms. The number of ether oxygens (including phenoxy) is 1. The standard InChI is InChI=1S/C14H11Br2NO2/c1-19-14-9(6-10(15)7-13(14)16)8-17-11-2-4-12(18)5-3-11/h2-8,18H,1H3. The van der Waals surface area contributed by atoms with E-state index in [1.807, 2.05) is 12.1 Å². The van der Waals surface area contributed by atoms with Crippen molar-refractivity contribution in [3.8, 4) is 11.5 Å². The molecule has 0 amide bonds. The second-order valence-electron chi connectivity index (χ2n) is 3.78. The van der Waals surface area contributed by atoms with Crippen LogP contribution in [0.25, 0.3) is 0 Å². The third-order valence-corrected chi connectivity index (χ3v) is 3.49. The molecule has 0 fully saturated rings. The molecule has 1 N–H and O–H groups in total. The summed E-state index contributed by atoms with van der Waals surface area (Å²) < 4.78 is 7.13. The normalized spacial score (nSPS) is 10.9. The Kier molecular flexibility index (Phi) is 4.61. The minimum atomic E-state index is 0.224. The monoisotopic (exact) mass is 383 g/mol. The summed E-state index contributed by atoms with van der Waals surface area (Å²) in [5.41, 5.74) is 1.62. The van der Waals surface area contributed by atoms with Crippen molar-refractivity contribution in [2.75, 3.05) is 7.11 Å². The number of nitrogens with zero attached hydrogens (tertiary/aromatic N) is 1. The fraction of sp³-hybridized carbons (Fsp3) is 0.0714. The van der Waals surface area contributed by atoms with Crippen LogP contribution in [0.1, 0.15) is 5.56 Å². The van der Waals surface area contributed by atoms with Crippen molar-refractivity contribution in [1.29, 1.82) is 0 Å². The first-order valence-electron chi connectivity index (χ1n) is 5.46. The second kappa shape index (κ2) is 6.21. The lowest BCUT2D eigenvalue weighted by Crippen LogP contribution is -1.92. The van der Waals surface area contributed by atoms with Crippen LogP contribution in [0.4, 0.5) is 5.69 Å². The van der Waals surface area contributed by atoms with Gasteiger partial charge in [0.1, 0.15) is 11.5 Å². The molecule has 0 aromatic heterocycles. The van der Waals surface area contributed by atoms with E-state index in [2.05, 4.69) is 36.9 Å². The number of benzene rings is 2. The Morgan fingerprint density at radius 1 is 1.16 bits per heavy atom. The summed E-state index contributed by atoms with van der Waals surface area (Å²) in [5, 5.41) is 9.21. The van der Waals surface area contributed by atoms with Crippen molar-refractivity contribution in [3.05, 3.63) is 50.9 Å². The first-order valence-corrected chi connectivity index (χ1v) is 7.05. The van der Waals surface area contributed by atoms with Crippen molar-refractivity contribution in [2.45, 2.75) is 0 Å². The van der Waals surface area contributed by atoms with Gasteiger partial charge in [0.2, 0.25) is 0 Å². The van der Waals surface area contributed by atoms with Crippen LogP contribution < -0.4 is 4.74 Å². The van der Waals surface area contributed by atoms with E-state index in [0.717, 1.165) is 25.9 Å². The third kappa shape index (κ3) is 3.58. The molecule has 0 heterocycles. The summed E-state index contributed by atoms with van der Waals surface area (Å²) in [6.07, 6.45) is 1.72. The second-order valence-corrected chi connectivity index (χ2v) is 5.55. The molecule has 0 atom stereocenters. The zero-order valence-electron chi connectivity index (χ0n) is 10.1. The summed E-state index contributed by atoms with van der Waals surface area (Å²) in [5.74, 6) is 0.951. The molecule has 5 heteroatoms. The number of phenolic OH excluding ortho intramolecular Hbond substituents is 1. The highest BCUT2D eigenvalue weighted by molar-refractivity contribution is 9.11. The predicted molar refractivity (Wildman–Crippen MR) is 83.8 cm³/mol. The van der Waals surface area contributed by atoms with Crippen LogP contribution in [0, 0.1) is 0 Å². The van der Waals surface area contributed by atoms with E-state index in [4.69, 9.17) is 4.74 Å². The highest BCUT2D eigenvalue weighted by atomic mass is 79.9. The quantitative estimate of drug-likeness (QED) is 0.780. The van der Waals surface area contributed by atoms with Gasteiger partial charge in [-0.15, -0.1) is 0 Å². The lowest BCUT2D eigenvalue weighted by atomic mass is 10.2. The van der Waals surface area contributed by atoms with E-state index >= 15 is 0 Å². The van der Waals surface area contributed by atoms with Gasteiger partial charge in [-0.3, -0.25) is 4.99 Å². The van der Waals surface area contributed by atoms with Gasteiger partial charge in [0.05, 0.1) is 17.3 Å². The van der Waals surface area contributed by atoms with Gasteiger partial charge in [-0.25, -0.2) is 0 Å². The molecule has 0 saturated heterocycles. The Morgan fingerprint density at radius 2 is 1.84 bits per heavy atom. The van der Waals surface area contributed by atoms with Crippen molar-refractivity contribution < 1.29 is 9.84 Å². The van der Waals surface area contributed by atoms with Crippen molar-refractivity contribution in [2.24, 2.45) is 4.99 Å². The number of halogens is 2. The van der Waals surface area contributed by atoms with E-state index in [0.29, 0.717) is 0 Å². The zero-order chi connectivity index (χ0) is 13.8. The smallest absolute Gasteiger partial charge is 0.141 e. The highest BCUT2D eigenvalue weighted by Gasteiger charge is 2.07. The Hall–Kier alpha value is -1.33. The minimum absolute atomic E-state index is 0.224. The molecule has 2 rings (SSSR count). The number of methoxy groups -OCH3 is 1. The lowest BCUT2D eigenvalue weighted by Gasteiger charge is -2.07. The average Bonchev–Trinajstić information content (AvgIpc) is 2.37. The Bertz CT molecular complexity index is 610. The molecule has 98 valence electrons. The Balaban J connectivity index is 2.34. The van der Waals surface area contributed by atoms with E-state index in [1.54, 1.807) is 37.6 Å². The average molecular weight is 385 g/mol. The van der Waals surface area contributed by atoms with Gasteiger partial charge in [0.15, 0.2) is 0 Å².